The number of anilines is 2. The summed E-state index contributed by atoms with van der Waals surface area (Å²) in [6.07, 6.45) is 0. The van der Waals surface area contributed by atoms with Crippen molar-refractivity contribution in [3.63, 3.8) is 0 Å². The lowest BCUT2D eigenvalue weighted by atomic mass is 10.1. The van der Waals surface area contributed by atoms with E-state index in [1.807, 2.05) is 31.4 Å². The van der Waals surface area contributed by atoms with Crippen molar-refractivity contribution in [2.24, 2.45) is 0 Å². The van der Waals surface area contributed by atoms with Gasteiger partial charge in [0.2, 0.25) is 0 Å². The van der Waals surface area contributed by atoms with Crippen LogP contribution in [0.5, 0.6) is 0 Å². The number of aromatic nitrogens is 2. The Morgan fingerprint density at radius 3 is 2.35 bits per heavy atom. The summed E-state index contributed by atoms with van der Waals surface area (Å²) >= 11 is 8.74. The first kappa shape index (κ1) is 21.2. The molecule has 0 unspecified atom stereocenters. The molecule has 2 heterocycles. The lowest BCUT2D eigenvalue weighted by Gasteiger charge is -2.03. The lowest BCUT2D eigenvalue weighted by molar-refractivity contribution is 0.101. The number of thiazole rings is 2. The summed E-state index contributed by atoms with van der Waals surface area (Å²) in [6, 6.07) is 14.2. The number of amides is 2. The molecule has 2 aromatic carbocycles. The average molecular weight is 469 g/mol. The fourth-order valence-electron chi connectivity index (χ4n) is 2.81. The van der Waals surface area contributed by atoms with Crippen LogP contribution in [0.1, 0.15) is 32.0 Å². The summed E-state index contributed by atoms with van der Waals surface area (Å²) < 4.78 is 0. The largest absolute Gasteiger partial charge is 0.298 e. The first-order valence-corrected chi connectivity index (χ1v) is 11.4. The van der Waals surface area contributed by atoms with Crippen LogP contribution < -0.4 is 10.6 Å². The quantitative estimate of drug-likeness (QED) is 0.374. The van der Waals surface area contributed by atoms with Gasteiger partial charge in [0.05, 0.1) is 26.9 Å². The molecule has 4 rings (SSSR count). The molecule has 0 aliphatic heterocycles. The molecule has 0 bridgehead atoms. The monoisotopic (exact) mass is 468 g/mol. The maximum Gasteiger partial charge on any atom is 0.258 e. The van der Waals surface area contributed by atoms with Crippen molar-refractivity contribution in [3.8, 4) is 10.6 Å². The van der Waals surface area contributed by atoms with Crippen LogP contribution in [-0.2, 0) is 0 Å². The highest BCUT2D eigenvalue weighted by Gasteiger charge is 2.17. The van der Waals surface area contributed by atoms with Gasteiger partial charge in [-0.15, -0.1) is 11.3 Å². The molecule has 2 amide bonds. The summed E-state index contributed by atoms with van der Waals surface area (Å²) in [6.45, 7) is 3.82. The van der Waals surface area contributed by atoms with Gasteiger partial charge in [-0.1, -0.05) is 52.8 Å². The Morgan fingerprint density at radius 2 is 1.61 bits per heavy atom. The maximum atomic E-state index is 12.5. The van der Waals surface area contributed by atoms with E-state index in [-0.39, 0.29) is 11.8 Å². The first-order valence-electron chi connectivity index (χ1n) is 9.28. The second kappa shape index (κ2) is 8.97. The van der Waals surface area contributed by atoms with Gasteiger partial charge in [-0.05, 0) is 38.1 Å². The molecule has 156 valence electrons. The molecule has 0 spiro atoms. The molecule has 2 aromatic heterocycles. The fraction of sp³-hybridized carbons (Fsp3) is 0.0909. The molecule has 0 saturated carbocycles. The summed E-state index contributed by atoms with van der Waals surface area (Å²) in [5.74, 6) is -0.537. The van der Waals surface area contributed by atoms with Crippen molar-refractivity contribution < 1.29 is 9.59 Å². The first-order chi connectivity index (χ1) is 14.9. The van der Waals surface area contributed by atoms with Crippen LogP contribution in [0.2, 0.25) is 5.02 Å². The highest BCUT2D eigenvalue weighted by Crippen LogP contribution is 2.35. The maximum absolute atomic E-state index is 12.5. The van der Waals surface area contributed by atoms with E-state index < -0.39 is 0 Å². The number of hydrogen-bond acceptors (Lipinski definition) is 6. The van der Waals surface area contributed by atoms with Gasteiger partial charge >= 0.3 is 0 Å². The Labute approximate surface area is 192 Å². The van der Waals surface area contributed by atoms with E-state index in [9.17, 15) is 9.59 Å². The molecule has 0 atom stereocenters. The van der Waals surface area contributed by atoms with Gasteiger partial charge in [0, 0.05) is 10.9 Å². The van der Waals surface area contributed by atoms with Crippen LogP contribution in [0.3, 0.4) is 0 Å². The van der Waals surface area contributed by atoms with Crippen molar-refractivity contribution in [2.45, 2.75) is 13.8 Å². The standard InChI is InChI=1S/C22H17ClN4O2S2/c1-12-7-9-14(10-8-12)19(28)26-21-25-17(11-30-21)18-13(2)24-22(31-18)27-20(29)15-5-3-4-6-16(15)23/h3-11H,1-2H3,(H,24,27,29)(H,25,26,28). The highest BCUT2D eigenvalue weighted by atomic mass is 35.5. The minimum Gasteiger partial charge on any atom is -0.298 e. The molecule has 2 N–H and O–H groups in total. The van der Waals surface area contributed by atoms with Crippen LogP contribution in [-0.4, -0.2) is 21.8 Å². The number of nitrogens with one attached hydrogen (secondary N) is 2. The van der Waals surface area contributed by atoms with Gasteiger partial charge in [0.1, 0.15) is 0 Å². The molecule has 0 aliphatic carbocycles. The average Bonchev–Trinajstić information content (AvgIpc) is 3.34. The molecule has 0 aliphatic rings. The van der Waals surface area contributed by atoms with Crippen LogP contribution in [0.25, 0.3) is 10.6 Å². The SMILES string of the molecule is Cc1ccc(C(=O)Nc2nc(-c3sc(NC(=O)c4ccccc4Cl)nc3C)cs2)cc1. The predicted molar refractivity (Wildman–Crippen MR) is 126 cm³/mol. The number of carbonyl (C=O) groups is 2. The zero-order valence-corrected chi connectivity index (χ0v) is 19.0. The molecular formula is C22H17ClN4O2S2. The third-order valence-electron chi connectivity index (χ3n) is 4.41. The number of hydrogen-bond donors (Lipinski definition) is 2. The van der Waals surface area contributed by atoms with Crippen molar-refractivity contribution in [3.05, 3.63) is 81.3 Å². The normalized spacial score (nSPS) is 10.7. The van der Waals surface area contributed by atoms with Gasteiger partial charge in [-0.2, -0.15) is 0 Å². The van der Waals surface area contributed by atoms with Crippen molar-refractivity contribution >= 4 is 56.4 Å². The van der Waals surface area contributed by atoms with Crippen LogP contribution in [0, 0.1) is 13.8 Å². The van der Waals surface area contributed by atoms with Gasteiger partial charge in [-0.3, -0.25) is 20.2 Å². The highest BCUT2D eigenvalue weighted by molar-refractivity contribution is 7.20. The topological polar surface area (TPSA) is 84.0 Å². The van der Waals surface area contributed by atoms with Gasteiger partial charge in [0.25, 0.3) is 11.8 Å². The summed E-state index contributed by atoms with van der Waals surface area (Å²) in [4.78, 5) is 34.7. The van der Waals surface area contributed by atoms with Gasteiger partial charge in [0.15, 0.2) is 10.3 Å². The van der Waals surface area contributed by atoms with E-state index >= 15 is 0 Å². The number of nitrogens with zero attached hydrogens (tertiary/aromatic N) is 2. The summed E-state index contributed by atoms with van der Waals surface area (Å²) in [7, 11) is 0. The molecular weight excluding hydrogens is 452 g/mol. The van der Waals surface area contributed by atoms with Gasteiger partial charge in [-0.25, -0.2) is 9.97 Å². The second-order valence-electron chi connectivity index (χ2n) is 6.73. The zero-order chi connectivity index (χ0) is 22.0. The fourth-order valence-corrected chi connectivity index (χ4v) is 4.72. The molecule has 31 heavy (non-hydrogen) atoms. The van der Waals surface area contributed by atoms with Gasteiger partial charge < -0.3 is 0 Å². The van der Waals surface area contributed by atoms with Crippen LogP contribution in [0.4, 0.5) is 10.3 Å². The number of halogens is 1. The van der Waals surface area contributed by atoms with E-state index in [4.69, 9.17) is 11.6 Å². The number of rotatable bonds is 5. The molecule has 0 fully saturated rings. The number of benzene rings is 2. The summed E-state index contributed by atoms with van der Waals surface area (Å²) in [5.41, 5.74) is 3.47. The Balaban J connectivity index is 1.48. The van der Waals surface area contributed by atoms with E-state index in [0.29, 0.717) is 32.1 Å². The number of carbonyl (C=O) groups excluding carboxylic acids is 2. The van der Waals surface area contributed by atoms with Crippen LogP contribution in [0.15, 0.2) is 53.9 Å². The lowest BCUT2D eigenvalue weighted by Crippen LogP contribution is -2.12. The predicted octanol–water partition coefficient (Wildman–Crippen LogP) is 6.04. The Bertz CT molecular complexity index is 1260. The minimum atomic E-state index is -0.324. The third-order valence-corrected chi connectivity index (χ3v) is 6.59. The molecule has 6 nitrogen and oxygen atoms in total. The Kier molecular flexibility index (Phi) is 6.13. The second-order valence-corrected chi connectivity index (χ2v) is 8.99. The van der Waals surface area contributed by atoms with Crippen molar-refractivity contribution in [1.82, 2.24) is 9.97 Å². The van der Waals surface area contributed by atoms with E-state index in [2.05, 4.69) is 20.6 Å². The van der Waals surface area contributed by atoms with Crippen LogP contribution >= 0.6 is 34.3 Å². The third kappa shape index (κ3) is 4.82. The summed E-state index contributed by atoms with van der Waals surface area (Å²) in [5, 5.41) is 8.79. The van der Waals surface area contributed by atoms with E-state index in [1.54, 1.807) is 36.4 Å². The minimum absolute atomic E-state index is 0.213. The van der Waals surface area contributed by atoms with Crippen molar-refractivity contribution in [2.75, 3.05) is 10.6 Å². The molecule has 0 saturated heterocycles. The number of aryl methyl sites for hydroxylation is 2. The Morgan fingerprint density at radius 1 is 0.903 bits per heavy atom. The molecule has 0 radical (unpaired) electrons. The molecule has 4 aromatic rings. The Hall–Kier alpha value is -3.07. The zero-order valence-electron chi connectivity index (χ0n) is 16.6. The van der Waals surface area contributed by atoms with Crippen molar-refractivity contribution in [1.29, 1.82) is 0 Å². The van der Waals surface area contributed by atoms with E-state index in [1.165, 1.54) is 22.7 Å². The smallest absolute Gasteiger partial charge is 0.258 e. The van der Waals surface area contributed by atoms with E-state index in [0.717, 1.165) is 16.1 Å². The molecule has 9 heteroatoms.